The lowest BCUT2D eigenvalue weighted by Gasteiger charge is -2.14. The number of nitro benzene ring substituents is 1. The van der Waals surface area contributed by atoms with Crippen LogP contribution in [0.3, 0.4) is 0 Å². The number of H-pyrrole nitrogens is 1. The van der Waals surface area contributed by atoms with Gasteiger partial charge < -0.3 is 0 Å². The summed E-state index contributed by atoms with van der Waals surface area (Å²) in [6, 6.07) is 5.62. The summed E-state index contributed by atoms with van der Waals surface area (Å²) >= 11 is 6.03. The lowest BCUT2D eigenvalue weighted by molar-refractivity contribution is -0.384. The molecule has 122 valence electrons. The number of nitrogens with zero attached hydrogens (tertiary/aromatic N) is 3. The lowest BCUT2D eigenvalue weighted by Crippen LogP contribution is -2.20. The van der Waals surface area contributed by atoms with Gasteiger partial charge in [0, 0.05) is 34.9 Å². The van der Waals surface area contributed by atoms with Crippen molar-refractivity contribution in [1.29, 1.82) is 0 Å². The van der Waals surface area contributed by atoms with Crippen molar-refractivity contribution in [3.8, 4) is 0 Å². The molecule has 0 saturated carbocycles. The lowest BCUT2D eigenvalue weighted by atomic mass is 9.92. The van der Waals surface area contributed by atoms with E-state index < -0.39 is 4.92 Å². The third-order valence-corrected chi connectivity index (χ3v) is 3.44. The number of nitro groups is 1. The Morgan fingerprint density at radius 3 is 2.61 bits per heavy atom. The second-order valence-corrected chi connectivity index (χ2v) is 6.29. The first-order chi connectivity index (χ1) is 10.7. The summed E-state index contributed by atoms with van der Waals surface area (Å²) in [4.78, 5) is 14.4. The second-order valence-electron chi connectivity index (χ2n) is 5.88. The molecular weight excluding hydrogens is 322 g/mol. The van der Waals surface area contributed by atoms with Crippen molar-refractivity contribution in [2.24, 2.45) is 4.99 Å². The van der Waals surface area contributed by atoms with E-state index in [2.05, 4.69) is 15.2 Å². The number of aromatic amines is 1. The summed E-state index contributed by atoms with van der Waals surface area (Å²) in [7, 11) is 0. The monoisotopic (exact) mass is 337 g/mol. The fourth-order valence-electron chi connectivity index (χ4n) is 1.82. The first kappa shape index (κ1) is 16.9. The van der Waals surface area contributed by atoms with Crippen molar-refractivity contribution in [3.63, 3.8) is 0 Å². The predicted octanol–water partition coefficient (Wildman–Crippen LogP) is 3.33. The summed E-state index contributed by atoms with van der Waals surface area (Å²) in [5.74, 6) is 0.387. The van der Waals surface area contributed by atoms with Crippen molar-refractivity contribution in [1.82, 2.24) is 15.7 Å². The van der Waals surface area contributed by atoms with Gasteiger partial charge in [0.1, 0.15) is 0 Å². The Bertz CT molecular complexity index is 764. The molecule has 0 aliphatic carbocycles. The van der Waals surface area contributed by atoms with Crippen LogP contribution in [0.4, 0.5) is 11.5 Å². The van der Waals surface area contributed by atoms with Crippen LogP contribution < -0.4 is 5.48 Å². The van der Waals surface area contributed by atoms with Crippen LogP contribution in [-0.4, -0.2) is 26.2 Å². The van der Waals surface area contributed by atoms with Crippen molar-refractivity contribution in [3.05, 3.63) is 50.7 Å². The molecule has 23 heavy (non-hydrogen) atoms. The molecule has 0 fully saturated rings. The van der Waals surface area contributed by atoms with Gasteiger partial charge in [-0.3, -0.25) is 25.9 Å². The molecular formula is C14H16ClN5O3. The van der Waals surface area contributed by atoms with Crippen molar-refractivity contribution >= 4 is 28.9 Å². The number of amidine groups is 1. The molecule has 0 spiro atoms. The van der Waals surface area contributed by atoms with E-state index >= 15 is 0 Å². The number of hydrogen-bond donors (Lipinski definition) is 3. The molecule has 0 atom stereocenters. The largest absolute Gasteiger partial charge is 0.290 e. The van der Waals surface area contributed by atoms with Crippen LogP contribution in [0.5, 0.6) is 0 Å². The molecule has 0 radical (unpaired) electrons. The van der Waals surface area contributed by atoms with Crippen LogP contribution in [0.25, 0.3) is 0 Å². The number of hydrogen-bond acceptors (Lipinski definition) is 5. The normalized spacial score (nSPS) is 12.3. The average molecular weight is 338 g/mol. The number of non-ortho nitro benzene ring substituents is 1. The number of halogens is 1. The highest BCUT2D eigenvalue weighted by molar-refractivity contribution is 6.34. The van der Waals surface area contributed by atoms with Gasteiger partial charge in [0.15, 0.2) is 11.7 Å². The summed E-state index contributed by atoms with van der Waals surface area (Å²) in [5, 5.41) is 27.1. The molecule has 3 N–H and O–H groups in total. The number of rotatable bonds is 3. The highest BCUT2D eigenvalue weighted by Crippen LogP contribution is 2.26. The molecule has 0 saturated heterocycles. The van der Waals surface area contributed by atoms with Gasteiger partial charge in [-0.1, -0.05) is 32.4 Å². The molecule has 2 rings (SSSR count). The fourth-order valence-corrected chi connectivity index (χ4v) is 2.09. The van der Waals surface area contributed by atoms with E-state index in [1.54, 1.807) is 6.07 Å². The molecule has 1 aromatic heterocycles. The third-order valence-electron chi connectivity index (χ3n) is 3.12. The quantitative estimate of drug-likeness (QED) is 0.344. The molecule has 8 nitrogen and oxygen atoms in total. The molecule has 0 aliphatic heterocycles. The van der Waals surface area contributed by atoms with E-state index in [4.69, 9.17) is 11.6 Å². The van der Waals surface area contributed by atoms with E-state index in [9.17, 15) is 15.3 Å². The van der Waals surface area contributed by atoms with Gasteiger partial charge in [0.25, 0.3) is 5.69 Å². The minimum Gasteiger partial charge on any atom is -0.290 e. The molecule has 0 amide bonds. The van der Waals surface area contributed by atoms with Gasteiger partial charge in [-0.25, -0.2) is 4.99 Å². The van der Waals surface area contributed by atoms with Crippen molar-refractivity contribution in [2.75, 3.05) is 0 Å². The van der Waals surface area contributed by atoms with Gasteiger partial charge in [-0.05, 0) is 6.07 Å². The number of aliphatic imine (C=N–C) groups is 1. The smallest absolute Gasteiger partial charge is 0.270 e. The van der Waals surface area contributed by atoms with Gasteiger partial charge >= 0.3 is 0 Å². The Hall–Kier alpha value is -2.45. The van der Waals surface area contributed by atoms with E-state index in [1.165, 1.54) is 18.2 Å². The van der Waals surface area contributed by atoms with Gasteiger partial charge in [-0.15, -0.1) is 0 Å². The van der Waals surface area contributed by atoms with Crippen LogP contribution in [-0.2, 0) is 5.41 Å². The topological polar surface area (TPSA) is 116 Å². The Morgan fingerprint density at radius 2 is 2.13 bits per heavy atom. The minimum absolute atomic E-state index is 0.0388. The number of aromatic nitrogens is 2. The maximum atomic E-state index is 10.7. The molecule has 1 aromatic carbocycles. The van der Waals surface area contributed by atoms with E-state index in [0.717, 1.165) is 5.69 Å². The van der Waals surface area contributed by atoms with Gasteiger partial charge in [-0.2, -0.15) is 5.10 Å². The standard InChI is InChI=1S/C14H16ClN5O3/c1-14(2,3)11-7-12(18-17-11)16-13(19-21)9-5-4-8(20(22)23)6-10(9)15/h4-7,21H,1-3H3,(H2,16,17,18,19). The number of benzene rings is 1. The van der Waals surface area contributed by atoms with Crippen LogP contribution in [0, 0.1) is 10.1 Å². The molecule has 0 bridgehead atoms. The summed E-state index contributed by atoms with van der Waals surface area (Å²) in [6.45, 7) is 6.06. The molecule has 0 aliphatic rings. The molecule has 9 heteroatoms. The van der Waals surface area contributed by atoms with Gasteiger partial charge in [0.2, 0.25) is 0 Å². The Kier molecular flexibility index (Phi) is 4.67. The third kappa shape index (κ3) is 3.85. The van der Waals surface area contributed by atoms with Crippen LogP contribution in [0.1, 0.15) is 32.0 Å². The summed E-state index contributed by atoms with van der Waals surface area (Å²) < 4.78 is 0. The highest BCUT2D eigenvalue weighted by atomic mass is 35.5. The zero-order valence-corrected chi connectivity index (χ0v) is 13.5. The zero-order valence-electron chi connectivity index (χ0n) is 12.8. The average Bonchev–Trinajstić information content (AvgIpc) is 2.93. The maximum Gasteiger partial charge on any atom is 0.270 e. The molecule has 2 aromatic rings. The van der Waals surface area contributed by atoms with Crippen LogP contribution in [0.2, 0.25) is 5.02 Å². The van der Waals surface area contributed by atoms with Crippen molar-refractivity contribution in [2.45, 2.75) is 26.2 Å². The number of hydroxylamine groups is 1. The highest BCUT2D eigenvalue weighted by Gasteiger charge is 2.18. The van der Waals surface area contributed by atoms with E-state index in [-0.39, 0.29) is 22.0 Å². The minimum atomic E-state index is -0.553. The Morgan fingerprint density at radius 1 is 1.43 bits per heavy atom. The Balaban J connectivity index is 2.39. The first-order valence-corrected chi connectivity index (χ1v) is 7.09. The predicted molar refractivity (Wildman–Crippen MR) is 86.5 cm³/mol. The molecule has 0 unspecified atom stereocenters. The summed E-state index contributed by atoms with van der Waals surface area (Å²) in [5.41, 5.74) is 2.87. The number of nitrogens with one attached hydrogen (secondary N) is 2. The van der Waals surface area contributed by atoms with E-state index in [0.29, 0.717) is 11.4 Å². The van der Waals surface area contributed by atoms with Crippen LogP contribution >= 0.6 is 11.6 Å². The maximum absolute atomic E-state index is 10.7. The second kappa shape index (κ2) is 6.35. The van der Waals surface area contributed by atoms with Crippen LogP contribution in [0.15, 0.2) is 29.3 Å². The Labute approximate surface area is 137 Å². The van der Waals surface area contributed by atoms with Crippen molar-refractivity contribution < 1.29 is 10.1 Å². The van der Waals surface area contributed by atoms with E-state index in [1.807, 2.05) is 26.3 Å². The first-order valence-electron chi connectivity index (χ1n) is 6.71. The SMILES string of the molecule is CC(C)(C)c1cc(N=C(NO)c2ccc([N+](=O)[O-])cc2Cl)n[nH]1. The summed E-state index contributed by atoms with van der Waals surface area (Å²) in [6.07, 6.45) is 0. The molecule has 1 heterocycles. The zero-order chi connectivity index (χ0) is 17.2. The fraction of sp³-hybridized carbons (Fsp3) is 0.286. The van der Waals surface area contributed by atoms with Gasteiger partial charge in [0.05, 0.1) is 9.95 Å².